The Morgan fingerprint density at radius 3 is 2.65 bits per heavy atom. The number of nitrogens with one attached hydrogen (secondary N) is 1. The van der Waals surface area contributed by atoms with Crippen LogP contribution in [0.2, 0.25) is 0 Å². The molecule has 0 aromatic carbocycles. The maximum absolute atomic E-state index is 3.76. The van der Waals surface area contributed by atoms with Crippen LogP contribution in [-0.4, -0.2) is 30.1 Å². The van der Waals surface area contributed by atoms with E-state index in [0.29, 0.717) is 12.1 Å². The van der Waals surface area contributed by atoms with E-state index in [4.69, 9.17) is 0 Å². The van der Waals surface area contributed by atoms with Crippen molar-refractivity contribution in [3.63, 3.8) is 0 Å². The third-order valence-corrected chi connectivity index (χ3v) is 6.00. The second-order valence-corrected chi connectivity index (χ2v) is 7.37. The third kappa shape index (κ3) is 3.84. The fourth-order valence-corrected chi connectivity index (χ4v) is 4.03. The molecule has 2 nitrogen and oxygen atoms in total. The lowest BCUT2D eigenvalue weighted by Crippen LogP contribution is -2.57. The Morgan fingerprint density at radius 1 is 1.30 bits per heavy atom. The molecule has 20 heavy (non-hydrogen) atoms. The molecule has 1 aliphatic rings. The van der Waals surface area contributed by atoms with Gasteiger partial charge in [-0.1, -0.05) is 34.1 Å². The number of aryl methyl sites for hydroxylation is 1. The van der Waals surface area contributed by atoms with Gasteiger partial charge >= 0.3 is 0 Å². The van der Waals surface area contributed by atoms with Crippen LogP contribution in [0.5, 0.6) is 0 Å². The minimum atomic E-state index is 0.661. The maximum atomic E-state index is 3.76. The molecular formula is C17H30N2S. The molecule has 0 aliphatic carbocycles. The van der Waals surface area contributed by atoms with Crippen molar-refractivity contribution in [2.75, 3.05) is 13.1 Å². The first kappa shape index (κ1) is 16.0. The molecule has 1 N–H and O–H groups in total. The van der Waals surface area contributed by atoms with Crippen molar-refractivity contribution >= 4 is 11.3 Å². The van der Waals surface area contributed by atoms with Crippen LogP contribution in [0.4, 0.5) is 0 Å². The normalized spacial score (nSPS) is 25.8. The van der Waals surface area contributed by atoms with E-state index in [-0.39, 0.29) is 0 Å². The standard InChI is InChI=1S/C17H30N2S/c1-5-13(4)17-12-19(14(6-2)10-18-17)11-16-9-8-15(7-3)20-16/h8-9,13-14,17-18H,5-7,10-12H2,1-4H3. The highest BCUT2D eigenvalue weighted by Crippen LogP contribution is 2.23. The first-order valence-corrected chi connectivity index (χ1v) is 9.04. The zero-order chi connectivity index (χ0) is 14.5. The molecular weight excluding hydrogens is 264 g/mol. The zero-order valence-corrected chi connectivity index (χ0v) is 14.3. The van der Waals surface area contributed by atoms with Crippen LogP contribution >= 0.6 is 11.3 Å². The summed E-state index contributed by atoms with van der Waals surface area (Å²) in [6, 6.07) is 5.99. The molecule has 0 spiro atoms. The molecule has 3 heteroatoms. The summed E-state index contributed by atoms with van der Waals surface area (Å²) >= 11 is 1.99. The lowest BCUT2D eigenvalue weighted by molar-refractivity contribution is 0.100. The fourth-order valence-electron chi connectivity index (χ4n) is 3.04. The van der Waals surface area contributed by atoms with Gasteiger partial charge in [0.05, 0.1) is 0 Å². The molecule has 0 saturated carbocycles. The van der Waals surface area contributed by atoms with Gasteiger partial charge < -0.3 is 5.32 Å². The predicted octanol–water partition coefficient (Wildman–Crippen LogP) is 3.91. The summed E-state index contributed by atoms with van der Waals surface area (Å²) in [5.74, 6) is 0.768. The van der Waals surface area contributed by atoms with E-state index in [9.17, 15) is 0 Å². The zero-order valence-electron chi connectivity index (χ0n) is 13.5. The second kappa shape index (κ2) is 7.58. The number of hydrogen-bond donors (Lipinski definition) is 1. The SMILES string of the molecule is CCc1ccc(CN2CC(C(C)CC)NCC2CC)s1. The Labute approximate surface area is 128 Å². The average Bonchev–Trinajstić information content (AvgIpc) is 2.94. The van der Waals surface area contributed by atoms with E-state index in [1.54, 1.807) is 0 Å². The molecule has 1 aromatic rings. The summed E-state index contributed by atoms with van der Waals surface area (Å²) < 4.78 is 0. The summed E-state index contributed by atoms with van der Waals surface area (Å²) in [4.78, 5) is 5.75. The predicted molar refractivity (Wildman–Crippen MR) is 89.4 cm³/mol. The van der Waals surface area contributed by atoms with Gasteiger partial charge in [-0.3, -0.25) is 4.90 Å². The molecule has 1 aliphatic heterocycles. The molecule has 0 amide bonds. The van der Waals surface area contributed by atoms with Crippen LogP contribution in [0.15, 0.2) is 12.1 Å². The van der Waals surface area contributed by atoms with Gasteiger partial charge in [0.25, 0.3) is 0 Å². The molecule has 1 fully saturated rings. The van der Waals surface area contributed by atoms with Crippen molar-refractivity contribution in [3.8, 4) is 0 Å². The molecule has 2 rings (SSSR count). The number of thiophene rings is 1. The van der Waals surface area contributed by atoms with Gasteiger partial charge in [0.1, 0.15) is 0 Å². The molecule has 3 atom stereocenters. The number of hydrogen-bond acceptors (Lipinski definition) is 3. The highest BCUT2D eigenvalue weighted by molar-refractivity contribution is 7.11. The lowest BCUT2D eigenvalue weighted by atomic mass is 9.95. The van der Waals surface area contributed by atoms with Crippen LogP contribution in [-0.2, 0) is 13.0 Å². The third-order valence-electron chi connectivity index (χ3n) is 4.79. The van der Waals surface area contributed by atoms with Crippen LogP contribution in [0.25, 0.3) is 0 Å². The maximum Gasteiger partial charge on any atom is 0.0332 e. The van der Waals surface area contributed by atoms with Gasteiger partial charge in [-0.2, -0.15) is 0 Å². The molecule has 0 radical (unpaired) electrons. The van der Waals surface area contributed by atoms with Crippen molar-refractivity contribution in [2.45, 2.75) is 65.6 Å². The van der Waals surface area contributed by atoms with Crippen molar-refractivity contribution in [3.05, 3.63) is 21.9 Å². The largest absolute Gasteiger partial charge is 0.311 e. The highest BCUT2D eigenvalue weighted by atomic mass is 32.1. The molecule has 2 heterocycles. The van der Waals surface area contributed by atoms with Crippen LogP contribution in [0, 0.1) is 5.92 Å². The van der Waals surface area contributed by atoms with Crippen LogP contribution < -0.4 is 5.32 Å². The number of piperazine rings is 1. The van der Waals surface area contributed by atoms with Gasteiger partial charge in [-0.05, 0) is 30.9 Å². The van der Waals surface area contributed by atoms with E-state index in [0.717, 1.165) is 19.0 Å². The van der Waals surface area contributed by atoms with Crippen molar-refractivity contribution in [2.24, 2.45) is 5.92 Å². The second-order valence-electron chi connectivity index (χ2n) is 6.11. The van der Waals surface area contributed by atoms with Crippen molar-refractivity contribution in [1.82, 2.24) is 10.2 Å². The smallest absolute Gasteiger partial charge is 0.0332 e. The molecule has 3 unspecified atom stereocenters. The average molecular weight is 295 g/mol. The Kier molecular flexibility index (Phi) is 6.06. The highest BCUT2D eigenvalue weighted by Gasteiger charge is 2.29. The number of rotatable bonds is 6. The van der Waals surface area contributed by atoms with E-state index in [2.05, 4.69) is 50.0 Å². The monoisotopic (exact) mass is 294 g/mol. The van der Waals surface area contributed by atoms with Crippen LogP contribution in [0.1, 0.15) is 50.3 Å². The Balaban J connectivity index is 2.01. The van der Waals surface area contributed by atoms with E-state index in [1.807, 2.05) is 11.3 Å². The van der Waals surface area contributed by atoms with Gasteiger partial charge in [0, 0.05) is 41.5 Å². The summed E-state index contributed by atoms with van der Waals surface area (Å²) in [6.07, 6.45) is 3.67. The Morgan fingerprint density at radius 2 is 2.05 bits per heavy atom. The van der Waals surface area contributed by atoms with E-state index < -0.39 is 0 Å². The summed E-state index contributed by atoms with van der Waals surface area (Å²) in [5.41, 5.74) is 0. The fraction of sp³-hybridized carbons (Fsp3) is 0.765. The van der Waals surface area contributed by atoms with E-state index >= 15 is 0 Å². The Bertz CT molecular complexity index is 401. The minimum Gasteiger partial charge on any atom is -0.311 e. The van der Waals surface area contributed by atoms with Crippen molar-refractivity contribution in [1.29, 1.82) is 0 Å². The Hall–Kier alpha value is -0.380. The minimum absolute atomic E-state index is 0.661. The first-order chi connectivity index (χ1) is 9.67. The van der Waals surface area contributed by atoms with Gasteiger partial charge in [0.2, 0.25) is 0 Å². The van der Waals surface area contributed by atoms with E-state index in [1.165, 1.54) is 35.6 Å². The lowest BCUT2D eigenvalue weighted by Gasteiger charge is -2.42. The van der Waals surface area contributed by atoms with Gasteiger partial charge in [0.15, 0.2) is 0 Å². The first-order valence-electron chi connectivity index (χ1n) is 8.22. The van der Waals surface area contributed by atoms with Gasteiger partial charge in [-0.15, -0.1) is 11.3 Å². The quantitative estimate of drug-likeness (QED) is 0.856. The summed E-state index contributed by atoms with van der Waals surface area (Å²) in [7, 11) is 0. The van der Waals surface area contributed by atoms with Gasteiger partial charge in [-0.25, -0.2) is 0 Å². The number of nitrogens with zero attached hydrogens (tertiary/aromatic N) is 1. The molecule has 114 valence electrons. The van der Waals surface area contributed by atoms with Crippen LogP contribution in [0.3, 0.4) is 0 Å². The topological polar surface area (TPSA) is 15.3 Å². The molecule has 0 bridgehead atoms. The summed E-state index contributed by atoms with van der Waals surface area (Å²) in [5, 5.41) is 3.76. The molecule has 1 saturated heterocycles. The summed E-state index contributed by atoms with van der Waals surface area (Å²) in [6.45, 7) is 12.7. The van der Waals surface area contributed by atoms with Crippen molar-refractivity contribution < 1.29 is 0 Å². The molecule has 1 aromatic heterocycles.